The molecular formula is C14H20N2O3. The van der Waals surface area contributed by atoms with Gasteiger partial charge < -0.3 is 15.4 Å². The van der Waals surface area contributed by atoms with Crippen molar-refractivity contribution in [3.05, 3.63) is 30.3 Å². The standard InChI is InChI=1S/C14H20N2O3/c1-14(2,3)11(12(17)19-4)16-13(18)15-10-8-6-5-7-9-10/h5-9,11H,1-4H3,(H2,15,16,18)/t11-/m1/s1. The molecule has 0 unspecified atom stereocenters. The van der Waals surface area contributed by atoms with E-state index in [2.05, 4.69) is 10.6 Å². The van der Waals surface area contributed by atoms with Crippen molar-refractivity contribution in [1.29, 1.82) is 0 Å². The maximum absolute atomic E-state index is 11.9. The zero-order valence-electron chi connectivity index (χ0n) is 11.7. The monoisotopic (exact) mass is 264 g/mol. The van der Waals surface area contributed by atoms with Gasteiger partial charge in [0.2, 0.25) is 0 Å². The summed E-state index contributed by atoms with van der Waals surface area (Å²) < 4.78 is 4.71. The fraction of sp³-hybridized carbons (Fsp3) is 0.429. The highest BCUT2D eigenvalue weighted by Crippen LogP contribution is 2.20. The molecule has 1 rings (SSSR count). The summed E-state index contributed by atoms with van der Waals surface area (Å²) in [6, 6.07) is 7.88. The molecule has 1 aromatic rings. The highest BCUT2D eigenvalue weighted by molar-refractivity contribution is 5.92. The van der Waals surface area contributed by atoms with E-state index < -0.39 is 23.5 Å². The average molecular weight is 264 g/mol. The minimum Gasteiger partial charge on any atom is -0.467 e. The number of benzene rings is 1. The number of carbonyl (C=O) groups is 2. The Balaban J connectivity index is 2.70. The van der Waals surface area contributed by atoms with E-state index in [1.807, 2.05) is 39.0 Å². The van der Waals surface area contributed by atoms with Gasteiger partial charge in [0.15, 0.2) is 0 Å². The maximum Gasteiger partial charge on any atom is 0.328 e. The number of nitrogens with one attached hydrogen (secondary N) is 2. The van der Waals surface area contributed by atoms with Crippen LogP contribution in [0.5, 0.6) is 0 Å². The molecule has 0 radical (unpaired) electrons. The molecule has 0 aliphatic heterocycles. The third-order valence-corrected chi connectivity index (χ3v) is 2.61. The van der Waals surface area contributed by atoms with E-state index >= 15 is 0 Å². The van der Waals surface area contributed by atoms with Crippen LogP contribution in [-0.4, -0.2) is 25.2 Å². The second kappa shape index (κ2) is 6.22. The lowest BCUT2D eigenvalue weighted by atomic mass is 9.87. The van der Waals surface area contributed by atoms with Crippen molar-refractivity contribution in [2.75, 3.05) is 12.4 Å². The summed E-state index contributed by atoms with van der Waals surface area (Å²) in [6.07, 6.45) is 0. The van der Waals surface area contributed by atoms with Gasteiger partial charge in [-0.3, -0.25) is 0 Å². The first-order valence-electron chi connectivity index (χ1n) is 6.05. The molecule has 5 heteroatoms. The lowest BCUT2D eigenvalue weighted by molar-refractivity contribution is -0.145. The van der Waals surface area contributed by atoms with Crippen LogP contribution in [-0.2, 0) is 9.53 Å². The van der Waals surface area contributed by atoms with Crippen LogP contribution in [0.2, 0.25) is 0 Å². The van der Waals surface area contributed by atoms with Gasteiger partial charge in [-0.2, -0.15) is 0 Å². The predicted octanol–water partition coefficient (Wildman–Crippen LogP) is 2.40. The number of esters is 1. The molecule has 5 nitrogen and oxygen atoms in total. The first-order valence-corrected chi connectivity index (χ1v) is 6.05. The average Bonchev–Trinajstić information content (AvgIpc) is 2.35. The maximum atomic E-state index is 11.9. The quantitative estimate of drug-likeness (QED) is 0.824. The van der Waals surface area contributed by atoms with E-state index in [-0.39, 0.29) is 0 Å². The highest BCUT2D eigenvalue weighted by atomic mass is 16.5. The molecule has 0 aliphatic rings. The zero-order valence-corrected chi connectivity index (χ0v) is 11.7. The predicted molar refractivity (Wildman–Crippen MR) is 73.9 cm³/mol. The number of urea groups is 1. The van der Waals surface area contributed by atoms with Gasteiger partial charge >= 0.3 is 12.0 Å². The van der Waals surface area contributed by atoms with Crippen molar-refractivity contribution in [3.63, 3.8) is 0 Å². The van der Waals surface area contributed by atoms with Crippen LogP contribution in [0.3, 0.4) is 0 Å². The molecular weight excluding hydrogens is 244 g/mol. The normalized spacial score (nSPS) is 12.4. The van der Waals surface area contributed by atoms with Crippen LogP contribution in [0.1, 0.15) is 20.8 Å². The molecule has 0 heterocycles. The number of amides is 2. The fourth-order valence-corrected chi connectivity index (χ4v) is 1.57. The Morgan fingerprint density at radius 1 is 1.16 bits per heavy atom. The molecule has 0 fully saturated rings. The Hall–Kier alpha value is -2.04. The van der Waals surface area contributed by atoms with Gasteiger partial charge in [-0.15, -0.1) is 0 Å². The van der Waals surface area contributed by atoms with Gasteiger partial charge in [0.25, 0.3) is 0 Å². The van der Waals surface area contributed by atoms with E-state index in [0.717, 1.165) is 0 Å². The summed E-state index contributed by atoms with van der Waals surface area (Å²) in [4.78, 5) is 23.5. The molecule has 19 heavy (non-hydrogen) atoms. The van der Waals surface area contributed by atoms with Gasteiger partial charge in [0.05, 0.1) is 7.11 Å². The van der Waals surface area contributed by atoms with Crippen LogP contribution in [0.15, 0.2) is 30.3 Å². The molecule has 0 aromatic heterocycles. The molecule has 1 atom stereocenters. The van der Waals surface area contributed by atoms with Gasteiger partial charge in [0, 0.05) is 5.69 Å². The smallest absolute Gasteiger partial charge is 0.328 e. The van der Waals surface area contributed by atoms with Crippen molar-refractivity contribution in [2.24, 2.45) is 5.41 Å². The van der Waals surface area contributed by atoms with E-state index in [4.69, 9.17) is 4.74 Å². The molecule has 0 spiro atoms. The Bertz CT molecular complexity index is 438. The first-order chi connectivity index (χ1) is 8.84. The number of methoxy groups -OCH3 is 1. The second-order valence-corrected chi connectivity index (χ2v) is 5.29. The molecule has 0 bridgehead atoms. The van der Waals surface area contributed by atoms with Crippen LogP contribution in [0, 0.1) is 5.41 Å². The third kappa shape index (κ3) is 4.62. The van der Waals surface area contributed by atoms with E-state index in [1.165, 1.54) is 7.11 Å². The number of carbonyl (C=O) groups excluding carboxylic acids is 2. The summed E-state index contributed by atoms with van der Waals surface area (Å²) in [7, 11) is 1.30. The van der Waals surface area contributed by atoms with Crippen LogP contribution < -0.4 is 10.6 Å². The number of rotatable bonds is 3. The summed E-state index contributed by atoms with van der Waals surface area (Å²) in [5.41, 5.74) is 0.235. The second-order valence-electron chi connectivity index (χ2n) is 5.29. The SMILES string of the molecule is COC(=O)[C@@H](NC(=O)Nc1ccccc1)C(C)(C)C. The molecule has 104 valence electrons. The largest absolute Gasteiger partial charge is 0.467 e. The third-order valence-electron chi connectivity index (χ3n) is 2.61. The number of hydrogen-bond acceptors (Lipinski definition) is 3. The molecule has 1 aromatic carbocycles. The lowest BCUT2D eigenvalue weighted by Crippen LogP contribution is -2.50. The number of hydrogen-bond donors (Lipinski definition) is 2. The van der Waals surface area contributed by atoms with Crippen molar-refractivity contribution in [1.82, 2.24) is 5.32 Å². The highest BCUT2D eigenvalue weighted by Gasteiger charge is 2.33. The lowest BCUT2D eigenvalue weighted by Gasteiger charge is -2.28. The number of ether oxygens (including phenoxy) is 1. The minimum absolute atomic E-state index is 0.429. The number of para-hydroxylation sites is 1. The molecule has 0 aliphatic carbocycles. The zero-order chi connectivity index (χ0) is 14.5. The summed E-state index contributed by atoms with van der Waals surface area (Å²) in [5.74, 6) is -0.462. The van der Waals surface area contributed by atoms with Crippen LogP contribution >= 0.6 is 0 Å². The Kier molecular flexibility index (Phi) is 4.92. The van der Waals surface area contributed by atoms with Crippen LogP contribution in [0.4, 0.5) is 10.5 Å². The molecule has 0 saturated heterocycles. The van der Waals surface area contributed by atoms with Crippen molar-refractivity contribution in [3.8, 4) is 0 Å². The van der Waals surface area contributed by atoms with E-state index in [1.54, 1.807) is 12.1 Å². The van der Waals surface area contributed by atoms with Gasteiger partial charge in [0.1, 0.15) is 6.04 Å². The topological polar surface area (TPSA) is 67.4 Å². The summed E-state index contributed by atoms with van der Waals surface area (Å²) in [6.45, 7) is 5.58. The fourth-order valence-electron chi connectivity index (χ4n) is 1.57. The van der Waals surface area contributed by atoms with Gasteiger partial charge in [-0.25, -0.2) is 9.59 Å². The van der Waals surface area contributed by atoms with Gasteiger partial charge in [-0.05, 0) is 17.5 Å². The summed E-state index contributed by atoms with van der Waals surface area (Å²) in [5, 5.41) is 5.30. The molecule has 2 N–H and O–H groups in total. The Morgan fingerprint density at radius 3 is 2.21 bits per heavy atom. The van der Waals surface area contributed by atoms with E-state index in [9.17, 15) is 9.59 Å². The number of anilines is 1. The van der Waals surface area contributed by atoms with Crippen molar-refractivity contribution < 1.29 is 14.3 Å². The van der Waals surface area contributed by atoms with Crippen molar-refractivity contribution >= 4 is 17.7 Å². The van der Waals surface area contributed by atoms with Crippen LogP contribution in [0.25, 0.3) is 0 Å². The molecule has 2 amide bonds. The molecule has 0 saturated carbocycles. The first kappa shape index (κ1) is 15.0. The minimum atomic E-state index is -0.707. The Morgan fingerprint density at radius 2 is 1.74 bits per heavy atom. The van der Waals surface area contributed by atoms with Gasteiger partial charge in [-0.1, -0.05) is 39.0 Å². The van der Waals surface area contributed by atoms with E-state index in [0.29, 0.717) is 5.69 Å². The van der Waals surface area contributed by atoms with Crippen molar-refractivity contribution in [2.45, 2.75) is 26.8 Å². The summed E-state index contributed by atoms with van der Waals surface area (Å²) >= 11 is 0. The Labute approximate surface area is 113 Å².